The van der Waals surface area contributed by atoms with Crippen molar-refractivity contribution in [1.82, 2.24) is 9.97 Å². The molecule has 3 aromatic rings. The Hall–Kier alpha value is -3.16. The molecule has 3 rings (SSSR count). The van der Waals surface area contributed by atoms with Crippen LogP contribution in [0.15, 0.2) is 58.3 Å². The first kappa shape index (κ1) is 29.4. The van der Waals surface area contributed by atoms with Gasteiger partial charge in [0.15, 0.2) is 11.6 Å². The first-order chi connectivity index (χ1) is 18.2. The number of aryl methyl sites for hydroxylation is 1. The van der Waals surface area contributed by atoms with Gasteiger partial charge in [-0.15, -0.1) is 18.0 Å². The number of nitrogens with zero attached hydrogens (tertiary/aromatic N) is 2. The number of methoxy groups -OCH3 is 1. The molecule has 0 saturated carbocycles. The van der Waals surface area contributed by atoms with Gasteiger partial charge in [0.05, 0.1) is 25.9 Å². The number of hydrogen-bond acceptors (Lipinski definition) is 8. The summed E-state index contributed by atoms with van der Waals surface area (Å²) in [5.74, 6) is 4.85. The van der Waals surface area contributed by atoms with Crippen LogP contribution in [0.4, 0.5) is 0 Å². The highest BCUT2D eigenvalue weighted by molar-refractivity contribution is 6.83. The quantitative estimate of drug-likeness (QED) is 0.158. The van der Waals surface area contributed by atoms with Crippen molar-refractivity contribution in [2.24, 2.45) is 0 Å². The van der Waals surface area contributed by atoms with Crippen molar-refractivity contribution < 1.29 is 28.5 Å². The molecule has 0 aliphatic carbocycles. The monoisotopic (exact) mass is 538 g/mol. The minimum absolute atomic E-state index is 0.0826. The zero-order valence-electron chi connectivity index (χ0n) is 22.6. The molecule has 0 bridgehead atoms. The Labute approximate surface area is 225 Å². The predicted octanol–water partition coefficient (Wildman–Crippen LogP) is 5.49. The number of allylic oxidation sites excluding steroid dienone is 1. The number of aromatic nitrogens is 2. The molecule has 0 saturated heterocycles. The fraction of sp³-hybridized carbons (Fsp3) is 0.448. The summed E-state index contributed by atoms with van der Waals surface area (Å²) in [6.45, 7) is 10.6. The molecule has 0 unspecified atom stereocenters. The van der Waals surface area contributed by atoms with Gasteiger partial charge < -0.3 is 28.5 Å². The Morgan fingerprint density at radius 3 is 2.53 bits per heavy atom. The number of benzene rings is 1. The second-order valence-corrected chi connectivity index (χ2v) is 15.0. The molecule has 0 aliphatic heterocycles. The third-order valence-electron chi connectivity index (χ3n) is 5.66. The maximum Gasteiger partial charge on any atom is 0.248 e. The fourth-order valence-corrected chi connectivity index (χ4v) is 4.29. The van der Waals surface area contributed by atoms with E-state index in [2.05, 4.69) is 47.7 Å². The van der Waals surface area contributed by atoms with Gasteiger partial charge in [-0.2, -0.15) is 0 Å². The summed E-state index contributed by atoms with van der Waals surface area (Å²) in [5, 5.41) is 21.5. The number of ether oxygens (including phenoxy) is 2. The van der Waals surface area contributed by atoms with Crippen LogP contribution < -0.4 is 4.74 Å². The Kier molecular flexibility index (Phi) is 10.9. The van der Waals surface area contributed by atoms with Crippen LogP contribution in [0.25, 0.3) is 11.6 Å². The average Bonchev–Trinajstić information content (AvgIpc) is 3.55. The molecule has 9 heteroatoms. The van der Waals surface area contributed by atoms with E-state index in [1.165, 1.54) is 12.5 Å². The van der Waals surface area contributed by atoms with Gasteiger partial charge in [0.2, 0.25) is 5.89 Å². The average molecular weight is 539 g/mol. The van der Waals surface area contributed by atoms with Crippen LogP contribution in [-0.2, 0) is 17.8 Å². The summed E-state index contributed by atoms with van der Waals surface area (Å²) >= 11 is 0. The molecule has 0 fully saturated rings. The summed E-state index contributed by atoms with van der Waals surface area (Å²) in [5.41, 5.74) is 5.13. The van der Waals surface area contributed by atoms with Crippen LogP contribution in [0, 0.1) is 11.5 Å². The van der Waals surface area contributed by atoms with Crippen LogP contribution in [0.5, 0.6) is 5.75 Å². The Bertz CT molecular complexity index is 1200. The van der Waals surface area contributed by atoms with Crippen LogP contribution >= 0.6 is 0 Å². The van der Waals surface area contributed by atoms with E-state index in [-0.39, 0.29) is 18.4 Å². The molecule has 2 aromatic heterocycles. The molecule has 1 aromatic carbocycles. The largest absolute Gasteiger partial charge is 0.497 e. The fourth-order valence-electron chi connectivity index (χ4n) is 3.66. The highest BCUT2D eigenvalue weighted by Gasteiger charge is 2.22. The predicted molar refractivity (Wildman–Crippen MR) is 148 cm³/mol. The highest BCUT2D eigenvalue weighted by Crippen LogP contribution is 2.25. The molecule has 0 amide bonds. The van der Waals surface area contributed by atoms with Crippen molar-refractivity contribution in [2.75, 3.05) is 7.11 Å². The normalized spacial score (nSPS) is 13.8. The molecule has 2 heterocycles. The number of oxazole rings is 2. The standard InChI is InChI=1S/C29H38N2O6Si/c1-6-7-10-28-30-26(20-36-28)29-31-25(19-37-29)27(33)17-22(32)16-24(9-8-15-38(3,4)5)35-18-21-11-13-23(34-2)14-12-21/h6,11-14,19-20,22,24,27,32-33H,1,7,9-10,16-18H2,2-5H3/t22-,24+,27-/m1/s1. The Morgan fingerprint density at radius 2 is 1.84 bits per heavy atom. The molecular formula is C29H38N2O6Si. The van der Waals surface area contributed by atoms with Gasteiger partial charge in [-0.25, -0.2) is 9.97 Å². The maximum atomic E-state index is 10.8. The van der Waals surface area contributed by atoms with Crippen molar-refractivity contribution >= 4 is 8.07 Å². The number of hydrogen-bond donors (Lipinski definition) is 2. The number of aliphatic hydroxyl groups excluding tert-OH is 2. The van der Waals surface area contributed by atoms with E-state index >= 15 is 0 Å². The topological polar surface area (TPSA) is 111 Å². The summed E-state index contributed by atoms with van der Waals surface area (Å²) in [7, 11) is 0.0984. The lowest BCUT2D eigenvalue weighted by Crippen LogP contribution is -2.23. The van der Waals surface area contributed by atoms with E-state index in [0.29, 0.717) is 43.1 Å². The zero-order chi connectivity index (χ0) is 27.5. The van der Waals surface area contributed by atoms with Crippen LogP contribution in [-0.4, -0.2) is 47.6 Å². The van der Waals surface area contributed by atoms with Gasteiger partial charge in [-0.05, 0) is 24.1 Å². The van der Waals surface area contributed by atoms with E-state index in [1.54, 1.807) is 13.2 Å². The van der Waals surface area contributed by atoms with E-state index in [0.717, 1.165) is 17.7 Å². The first-order valence-electron chi connectivity index (χ1n) is 12.8. The second kappa shape index (κ2) is 14.1. The zero-order valence-corrected chi connectivity index (χ0v) is 23.6. The SMILES string of the molecule is C=CCCc1nc(-c2nc([C@H](O)C[C@H](O)C[C@H](CC#C[Si](C)(C)C)OCc3ccc(OC)cc3)co2)co1. The van der Waals surface area contributed by atoms with E-state index < -0.39 is 20.3 Å². The molecule has 8 nitrogen and oxygen atoms in total. The van der Waals surface area contributed by atoms with E-state index in [4.69, 9.17) is 18.3 Å². The highest BCUT2D eigenvalue weighted by atomic mass is 28.3. The molecule has 3 atom stereocenters. The smallest absolute Gasteiger partial charge is 0.248 e. The maximum absolute atomic E-state index is 10.8. The minimum Gasteiger partial charge on any atom is -0.497 e. The molecule has 2 N–H and O–H groups in total. The molecular weight excluding hydrogens is 500 g/mol. The van der Waals surface area contributed by atoms with E-state index in [9.17, 15) is 10.2 Å². The van der Waals surface area contributed by atoms with Crippen LogP contribution in [0.1, 0.15) is 48.9 Å². The summed E-state index contributed by atoms with van der Waals surface area (Å²) in [4.78, 5) is 8.70. The molecule has 0 aliphatic rings. The third kappa shape index (κ3) is 9.61. The van der Waals surface area contributed by atoms with Crippen molar-refractivity contribution in [3.63, 3.8) is 0 Å². The van der Waals surface area contributed by atoms with Gasteiger partial charge in [0.25, 0.3) is 0 Å². The first-order valence-corrected chi connectivity index (χ1v) is 16.3. The van der Waals surface area contributed by atoms with Gasteiger partial charge >= 0.3 is 0 Å². The molecule has 38 heavy (non-hydrogen) atoms. The molecule has 0 radical (unpaired) electrons. The van der Waals surface area contributed by atoms with Gasteiger partial charge in [-0.1, -0.05) is 37.8 Å². The van der Waals surface area contributed by atoms with Crippen LogP contribution in [0.2, 0.25) is 19.6 Å². The lowest BCUT2D eigenvalue weighted by atomic mass is 10.0. The Morgan fingerprint density at radius 1 is 1.08 bits per heavy atom. The molecule has 0 spiro atoms. The minimum atomic E-state index is -1.53. The lowest BCUT2D eigenvalue weighted by molar-refractivity contribution is -0.00719. The molecule has 204 valence electrons. The third-order valence-corrected chi connectivity index (χ3v) is 6.59. The summed E-state index contributed by atoms with van der Waals surface area (Å²) in [6, 6.07) is 7.67. The summed E-state index contributed by atoms with van der Waals surface area (Å²) in [6.07, 6.45) is 4.82. The number of rotatable bonds is 14. The number of aliphatic hydroxyl groups is 2. The van der Waals surface area contributed by atoms with Crippen molar-refractivity contribution in [3.8, 4) is 28.8 Å². The Balaban J connectivity index is 1.59. The second-order valence-electron chi connectivity index (χ2n) is 10.2. The van der Waals surface area contributed by atoms with Crippen LogP contribution in [0.3, 0.4) is 0 Å². The van der Waals surface area contributed by atoms with Crippen molar-refractivity contribution in [1.29, 1.82) is 0 Å². The van der Waals surface area contributed by atoms with Gasteiger partial charge in [-0.3, -0.25) is 0 Å². The van der Waals surface area contributed by atoms with E-state index in [1.807, 2.05) is 24.3 Å². The lowest BCUT2D eigenvalue weighted by Gasteiger charge is -2.21. The van der Waals surface area contributed by atoms with Crippen molar-refractivity contribution in [2.45, 2.75) is 76.7 Å². The van der Waals surface area contributed by atoms with Crippen molar-refractivity contribution in [3.05, 3.63) is 66.6 Å². The van der Waals surface area contributed by atoms with Gasteiger partial charge in [0.1, 0.15) is 38.1 Å². The summed E-state index contributed by atoms with van der Waals surface area (Å²) < 4.78 is 22.3. The van der Waals surface area contributed by atoms with Gasteiger partial charge in [0, 0.05) is 25.7 Å².